The van der Waals surface area contributed by atoms with Crippen molar-refractivity contribution in [3.05, 3.63) is 77.4 Å². The minimum atomic E-state index is -0.579. The lowest BCUT2D eigenvalue weighted by Crippen LogP contribution is -3.00. The van der Waals surface area contributed by atoms with Crippen molar-refractivity contribution in [2.45, 2.75) is 6.04 Å². The van der Waals surface area contributed by atoms with E-state index < -0.39 is 6.04 Å². The molecule has 9 nitrogen and oxygen atoms in total. The molecule has 1 amide bonds. The Morgan fingerprint density at radius 2 is 1.51 bits per heavy atom. The van der Waals surface area contributed by atoms with Gasteiger partial charge in [0, 0.05) is 16.7 Å². The molecular weight excluding hydrogens is 496 g/mol. The van der Waals surface area contributed by atoms with Crippen LogP contribution in [0.4, 0.5) is 5.69 Å². The molecule has 1 aliphatic rings. The third kappa shape index (κ3) is 5.68. The highest BCUT2D eigenvalue weighted by Gasteiger charge is 2.24. The molecule has 10 heteroatoms. The van der Waals surface area contributed by atoms with Crippen LogP contribution in [0.25, 0.3) is 11.3 Å². The van der Waals surface area contributed by atoms with Crippen LogP contribution in [0.1, 0.15) is 22.7 Å². The Hall–Kier alpha value is -4.08. The van der Waals surface area contributed by atoms with E-state index in [2.05, 4.69) is 21.3 Å². The van der Waals surface area contributed by atoms with Gasteiger partial charge in [-0.25, -0.2) is 0 Å². The Morgan fingerprint density at radius 1 is 0.865 bits per heavy atom. The van der Waals surface area contributed by atoms with Crippen LogP contribution in [-0.4, -0.2) is 40.9 Å². The fourth-order valence-corrected chi connectivity index (χ4v) is 4.04. The smallest absolute Gasteiger partial charge is 0.287 e. The van der Waals surface area contributed by atoms with Crippen LogP contribution in [0, 0.1) is 0 Å². The van der Waals surface area contributed by atoms with Gasteiger partial charge >= 0.3 is 0 Å². The van der Waals surface area contributed by atoms with E-state index in [1.54, 1.807) is 28.4 Å². The first-order valence-electron chi connectivity index (χ1n) is 11.3. The van der Waals surface area contributed by atoms with Gasteiger partial charge in [0.25, 0.3) is 5.91 Å². The number of amides is 1. The van der Waals surface area contributed by atoms with Crippen LogP contribution < -0.4 is 42.4 Å². The predicted octanol–water partition coefficient (Wildman–Crippen LogP) is 0.981. The summed E-state index contributed by atoms with van der Waals surface area (Å²) in [5.74, 6) is 1.83. The molecule has 0 fully saturated rings. The first-order valence-corrected chi connectivity index (χ1v) is 11.3. The van der Waals surface area contributed by atoms with Crippen LogP contribution in [0.5, 0.6) is 23.0 Å². The molecule has 0 saturated heterocycles. The number of carbonyl (C=O) groups excluding carboxylic acids is 1. The van der Waals surface area contributed by atoms with E-state index in [1.165, 1.54) is 0 Å². The second kappa shape index (κ2) is 12.2. The number of halogens is 1. The lowest BCUT2D eigenvalue weighted by molar-refractivity contribution is -0.408. The molecule has 1 atom stereocenters. The van der Waals surface area contributed by atoms with E-state index in [1.807, 2.05) is 60.7 Å². The number of rotatable bonds is 9. The zero-order chi connectivity index (χ0) is 25.7. The Kier molecular flexibility index (Phi) is 9.10. The summed E-state index contributed by atoms with van der Waals surface area (Å²) in [4.78, 5) is 13.0. The summed E-state index contributed by atoms with van der Waals surface area (Å²) < 4.78 is 21.9. The molecule has 194 valence electrons. The SMILES string of the molecule is COc1ccc(C2=C(c3cc(OC)c(OC)c(OC)c3)N=NC2)cc1NC(=O)C([NH3+])c1ccccc1.[Cl-]. The van der Waals surface area contributed by atoms with Crippen molar-refractivity contribution in [1.82, 2.24) is 0 Å². The van der Waals surface area contributed by atoms with Gasteiger partial charge in [0.15, 0.2) is 17.5 Å². The van der Waals surface area contributed by atoms with E-state index in [4.69, 9.17) is 18.9 Å². The molecule has 1 heterocycles. The molecule has 0 spiro atoms. The molecule has 3 aromatic carbocycles. The second-order valence-electron chi connectivity index (χ2n) is 8.01. The molecule has 3 aromatic rings. The Labute approximate surface area is 221 Å². The normalized spacial score (nSPS) is 13.0. The number of ether oxygens (including phenoxy) is 4. The van der Waals surface area contributed by atoms with Crippen LogP contribution in [0.2, 0.25) is 0 Å². The highest BCUT2D eigenvalue weighted by molar-refractivity contribution is 5.98. The van der Waals surface area contributed by atoms with Crippen molar-refractivity contribution in [1.29, 1.82) is 0 Å². The summed E-state index contributed by atoms with van der Waals surface area (Å²) in [6, 6.07) is 18.1. The number of methoxy groups -OCH3 is 4. The number of azo groups is 1. The van der Waals surface area contributed by atoms with Gasteiger partial charge < -0.3 is 42.4 Å². The lowest BCUT2D eigenvalue weighted by atomic mass is 9.99. The fraction of sp³-hybridized carbons (Fsp3) is 0.222. The molecule has 0 radical (unpaired) electrons. The molecule has 37 heavy (non-hydrogen) atoms. The third-order valence-corrected chi connectivity index (χ3v) is 5.95. The summed E-state index contributed by atoms with van der Waals surface area (Å²) in [6.07, 6.45) is 0. The minimum absolute atomic E-state index is 0. The number of anilines is 1. The fourth-order valence-electron chi connectivity index (χ4n) is 4.04. The van der Waals surface area contributed by atoms with Crippen molar-refractivity contribution in [3.63, 3.8) is 0 Å². The lowest BCUT2D eigenvalue weighted by Gasteiger charge is -2.16. The van der Waals surface area contributed by atoms with E-state index in [0.29, 0.717) is 40.9 Å². The van der Waals surface area contributed by atoms with Crippen LogP contribution in [-0.2, 0) is 4.79 Å². The maximum absolute atomic E-state index is 13.0. The number of carbonyl (C=O) groups is 1. The third-order valence-electron chi connectivity index (χ3n) is 5.95. The number of nitrogens with zero attached hydrogens (tertiary/aromatic N) is 2. The summed E-state index contributed by atoms with van der Waals surface area (Å²) in [5, 5.41) is 11.6. The zero-order valence-electron chi connectivity index (χ0n) is 21.1. The van der Waals surface area contributed by atoms with Crippen molar-refractivity contribution in [2.24, 2.45) is 10.2 Å². The zero-order valence-corrected chi connectivity index (χ0v) is 21.8. The Balaban J connectivity index is 0.00000380. The van der Waals surface area contributed by atoms with E-state index in [-0.39, 0.29) is 18.3 Å². The molecule has 0 bridgehead atoms. The monoisotopic (exact) mass is 524 g/mol. The van der Waals surface area contributed by atoms with Crippen LogP contribution in [0.15, 0.2) is 70.9 Å². The number of hydrogen-bond donors (Lipinski definition) is 2. The highest BCUT2D eigenvalue weighted by Crippen LogP contribution is 2.43. The van der Waals surface area contributed by atoms with Crippen molar-refractivity contribution >= 4 is 22.9 Å². The number of hydrogen-bond acceptors (Lipinski definition) is 7. The van der Waals surface area contributed by atoms with Crippen molar-refractivity contribution in [3.8, 4) is 23.0 Å². The molecule has 4 N–H and O–H groups in total. The predicted molar refractivity (Wildman–Crippen MR) is 136 cm³/mol. The average molecular weight is 525 g/mol. The summed E-state index contributed by atoms with van der Waals surface area (Å²) in [7, 11) is 6.25. The van der Waals surface area contributed by atoms with Crippen molar-refractivity contribution in [2.75, 3.05) is 40.3 Å². The van der Waals surface area contributed by atoms with Gasteiger partial charge in [-0.1, -0.05) is 36.4 Å². The van der Waals surface area contributed by atoms with Gasteiger partial charge in [0.2, 0.25) is 5.75 Å². The summed E-state index contributed by atoms with van der Waals surface area (Å²) in [5.41, 5.74) is 8.57. The number of benzene rings is 3. The van der Waals surface area contributed by atoms with E-state index in [9.17, 15) is 4.79 Å². The van der Waals surface area contributed by atoms with Gasteiger partial charge in [-0.2, -0.15) is 10.2 Å². The molecule has 0 aliphatic carbocycles. The van der Waals surface area contributed by atoms with Gasteiger partial charge in [-0.3, -0.25) is 4.79 Å². The molecular formula is C27H29ClN4O5. The van der Waals surface area contributed by atoms with Crippen LogP contribution >= 0.6 is 0 Å². The molecule has 1 unspecified atom stereocenters. The second-order valence-corrected chi connectivity index (χ2v) is 8.01. The molecule has 4 rings (SSSR count). The molecule has 0 saturated carbocycles. The maximum atomic E-state index is 13.0. The van der Waals surface area contributed by atoms with Gasteiger partial charge in [0.05, 0.1) is 46.4 Å². The minimum Gasteiger partial charge on any atom is -1.00 e. The topological polar surface area (TPSA) is 118 Å². The first-order chi connectivity index (χ1) is 17.5. The van der Waals surface area contributed by atoms with Crippen LogP contribution in [0.3, 0.4) is 0 Å². The summed E-state index contributed by atoms with van der Waals surface area (Å²) >= 11 is 0. The number of quaternary nitrogens is 1. The first kappa shape index (κ1) is 27.5. The van der Waals surface area contributed by atoms with Gasteiger partial charge in [-0.05, 0) is 29.8 Å². The maximum Gasteiger partial charge on any atom is 0.287 e. The highest BCUT2D eigenvalue weighted by atomic mass is 35.5. The van der Waals surface area contributed by atoms with Gasteiger partial charge in [0.1, 0.15) is 5.75 Å². The average Bonchev–Trinajstić information content (AvgIpc) is 3.42. The Morgan fingerprint density at radius 3 is 2.11 bits per heavy atom. The van der Waals surface area contributed by atoms with E-state index >= 15 is 0 Å². The van der Waals surface area contributed by atoms with Gasteiger partial charge in [-0.15, -0.1) is 0 Å². The molecule has 1 aliphatic heterocycles. The molecule has 0 aromatic heterocycles. The quantitative estimate of drug-likeness (QED) is 0.432. The summed E-state index contributed by atoms with van der Waals surface area (Å²) in [6.45, 7) is 0.383. The van der Waals surface area contributed by atoms with E-state index in [0.717, 1.165) is 22.3 Å². The van der Waals surface area contributed by atoms with Crippen molar-refractivity contribution < 1.29 is 41.9 Å². The largest absolute Gasteiger partial charge is 1.00 e. The Bertz CT molecular complexity index is 1300. The number of nitrogens with one attached hydrogen (secondary N) is 1. The standard InChI is InChI=1S/C27H28N4O5.ClH/c1-33-21-11-10-17(12-20(21)30-27(32)24(28)16-8-6-5-7-9-16)19-15-29-31-25(19)18-13-22(34-2)26(36-4)23(14-18)35-3;/h5-14,24H,15,28H2,1-4H3,(H,30,32);1H.